The van der Waals surface area contributed by atoms with Crippen molar-refractivity contribution in [3.8, 4) is 16.3 Å². The maximum absolute atomic E-state index is 13.6. The van der Waals surface area contributed by atoms with Gasteiger partial charge in [-0.05, 0) is 60.9 Å². The van der Waals surface area contributed by atoms with Crippen LogP contribution in [0.4, 0.5) is 8.78 Å². The van der Waals surface area contributed by atoms with Gasteiger partial charge in [-0.3, -0.25) is 9.48 Å². The van der Waals surface area contributed by atoms with E-state index < -0.39 is 11.6 Å². The van der Waals surface area contributed by atoms with E-state index in [0.717, 1.165) is 34.4 Å². The standard InChI is InChI=1S/C23H23F2N3O2S/c1-13-12-27-28-4-5-30-22-17(21(13)28)9-19(31-22)18(29)2-3-23(11-20(23)26)10-14-6-15(24)8-16(25)7-14/h6-9,12,20H,2-5,10-11,26H2,1H3. The first-order chi connectivity index (χ1) is 14.8. The van der Waals surface area contributed by atoms with Crippen LogP contribution in [0.25, 0.3) is 11.3 Å². The molecule has 0 saturated heterocycles. The second-order valence-electron chi connectivity index (χ2n) is 8.61. The van der Waals surface area contributed by atoms with Crippen molar-refractivity contribution in [1.29, 1.82) is 0 Å². The minimum absolute atomic E-state index is 0.0364. The first-order valence-corrected chi connectivity index (χ1v) is 11.2. The third kappa shape index (κ3) is 3.78. The van der Waals surface area contributed by atoms with Crippen LogP contribution in [-0.2, 0) is 13.0 Å². The van der Waals surface area contributed by atoms with Gasteiger partial charge in [-0.1, -0.05) is 11.3 Å². The Kier molecular flexibility index (Phi) is 4.94. The summed E-state index contributed by atoms with van der Waals surface area (Å²) in [6.45, 7) is 3.19. The summed E-state index contributed by atoms with van der Waals surface area (Å²) in [5, 5.41) is 5.14. The van der Waals surface area contributed by atoms with Gasteiger partial charge in [0.1, 0.15) is 18.2 Å². The second-order valence-corrected chi connectivity index (χ2v) is 9.62. The Balaban J connectivity index is 1.32. The van der Waals surface area contributed by atoms with Crippen LogP contribution >= 0.6 is 11.3 Å². The molecule has 0 radical (unpaired) electrons. The first kappa shape index (κ1) is 20.3. The zero-order valence-electron chi connectivity index (χ0n) is 17.2. The van der Waals surface area contributed by atoms with Crippen LogP contribution in [0, 0.1) is 24.0 Å². The molecule has 1 aliphatic heterocycles. The maximum atomic E-state index is 13.6. The molecule has 2 aliphatic rings. The molecule has 2 unspecified atom stereocenters. The third-order valence-electron chi connectivity index (χ3n) is 6.37. The lowest BCUT2D eigenvalue weighted by atomic mass is 9.89. The zero-order chi connectivity index (χ0) is 21.8. The molecule has 5 rings (SSSR count). The molecule has 0 amide bonds. The van der Waals surface area contributed by atoms with Gasteiger partial charge >= 0.3 is 0 Å². The fourth-order valence-corrected chi connectivity index (χ4v) is 5.57. The Bertz CT molecular complexity index is 1150. The van der Waals surface area contributed by atoms with Gasteiger partial charge in [-0.25, -0.2) is 8.78 Å². The fraction of sp³-hybridized carbons (Fsp3) is 0.391. The monoisotopic (exact) mass is 443 g/mol. The average Bonchev–Trinajstić information content (AvgIpc) is 3.02. The molecule has 8 heteroatoms. The van der Waals surface area contributed by atoms with Crippen LogP contribution in [0.15, 0.2) is 30.5 Å². The summed E-state index contributed by atoms with van der Waals surface area (Å²) >= 11 is 1.37. The third-order valence-corrected chi connectivity index (χ3v) is 7.46. The maximum Gasteiger partial charge on any atom is 0.183 e. The number of halogens is 2. The molecule has 2 atom stereocenters. The minimum Gasteiger partial charge on any atom is -0.481 e. The van der Waals surface area contributed by atoms with Crippen LogP contribution in [-0.4, -0.2) is 28.2 Å². The topological polar surface area (TPSA) is 70.1 Å². The predicted octanol–water partition coefficient (Wildman–Crippen LogP) is 4.51. The van der Waals surface area contributed by atoms with Crippen LogP contribution in [0.3, 0.4) is 0 Å². The highest BCUT2D eigenvalue weighted by Gasteiger charge is 2.51. The van der Waals surface area contributed by atoms with Gasteiger partial charge < -0.3 is 10.5 Å². The van der Waals surface area contributed by atoms with E-state index in [4.69, 9.17) is 10.5 Å². The number of thiophene rings is 1. The van der Waals surface area contributed by atoms with E-state index in [1.54, 1.807) is 0 Å². The number of fused-ring (bicyclic) bond motifs is 3. The SMILES string of the molecule is Cc1cnn2c1-c1cc(C(=O)CCC3(Cc4cc(F)cc(F)c4)CC3N)sc1OCC2. The number of Topliss-reactive ketones (excluding diaryl/α,β-unsaturated/α-hetero) is 1. The summed E-state index contributed by atoms with van der Waals surface area (Å²) in [6, 6.07) is 5.39. The van der Waals surface area contributed by atoms with Crippen molar-refractivity contribution >= 4 is 17.1 Å². The molecule has 1 fully saturated rings. The Labute approximate surface area is 182 Å². The molecule has 3 aromatic rings. The lowest BCUT2D eigenvalue weighted by molar-refractivity contribution is 0.0974. The number of benzene rings is 1. The van der Waals surface area contributed by atoms with Gasteiger partial charge in [0.15, 0.2) is 10.8 Å². The molecule has 2 N–H and O–H groups in total. The van der Waals surface area contributed by atoms with E-state index in [9.17, 15) is 13.6 Å². The number of carbonyl (C=O) groups is 1. The van der Waals surface area contributed by atoms with Crippen molar-refractivity contribution < 1.29 is 18.3 Å². The highest BCUT2D eigenvalue weighted by atomic mass is 32.1. The van der Waals surface area contributed by atoms with E-state index in [-0.39, 0.29) is 17.2 Å². The van der Waals surface area contributed by atoms with Crippen molar-refractivity contribution in [3.05, 3.63) is 58.1 Å². The highest BCUT2D eigenvalue weighted by molar-refractivity contribution is 7.16. The zero-order valence-corrected chi connectivity index (χ0v) is 18.0. The average molecular weight is 444 g/mol. The molecular weight excluding hydrogens is 420 g/mol. The van der Waals surface area contributed by atoms with Crippen LogP contribution in [0.1, 0.15) is 40.1 Å². The van der Waals surface area contributed by atoms with Crippen molar-refractivity contribution in [1.82, 2.24) is 9.78 Å². The quantitative estimate of drug-likeness (QED) is 0.569. The summed E-state index contributed by atoms with van der Waals surface area (Å²) in [4.78, 5) is 13.7. The van der Waals surface area contributed by atoms with E-state index in [1.807, 2.05) is 23.9 Å². The van der Waals surface area contributed by atoms with Gasteiger partial charge in [0.25, 0.3) is 0 Å². The molecule has 31 heavy (non-hydrogen) atoms. The number of nitrogens with zero attached hydrogens (tertiary/aromatic N) is 2. The summed E-state index contributed by atoms with van der Waals surface area (Å²) < 4.78 is 34.9. The van der Waals surface area contributed by atoms with E-state index in [1.165, 1.54) is 23.5 Å². The number of aryl methyl sites for hydroxylation is 1. The van der Waals surface area contributed by atoms with Gasteiger partial charge in [-0.2, -0.15) is 5.10 Å². The number of rotatable bonds is 6. The van der Waals surface area contributed by atoms with Gasteiger partial charge in [-0.15, -0.1) is 0 Å². The van der Waals surface area contributed by atoms with E-state index in [2.05, 4.69) is 5.10 Å². The molecule has 1 aromatic carbocycles. The first-order valence-electron chi connectivity index (χ1n) is 10.4. The lowest BCUT2D eigenvalue weighted by Gasteiger charge is -2.16. The number of carbonyl (C=O) groups excluding carboxylic acids is 1. The fourth-order valence-electron chi connectivity index (χ4n) is 4.57. The number of aromatic nitrogens is 2. The van der Waals surface area contributed by atoms with Crippen molar-refractivity contribution in [2.24, 2.45) is 11.1 Å². The Hall–Kier alpha value is -2.58. The predicted molar refractivity (Wildman–Crippen MR) is 114 cm³/mol. The largest absolute Gasteiger partial charge is 0.481 e. The molecule has 2 aromatic heterocycles. The Morgan fingerprint density at radius 3 is 2.77 bits per heavy atom. The Morgan fingerprint density at radius 1 is 1.32 bits per heavy atom. The molecule has 0 spiro atoms. The van der Waals surface area contributed by atoms with Gasteiger partial charge in [0.2, 0.25) is 0 Å². The highest BCUT2D eigenvalue weighted by Crippen LogP contribution is 2.51. The molecular formula is C23H23F2N3O2S. The van der Waals surface area contributed by atoms with Crippen LogP contribution in [0.5, 0.6) is 5.06 Å². The molecule has 1 saturated carbocycles. The normalized spacial score (nSPS) is 21.7. The summed E-state index contributed by atoms with van der Waals surface area (Å²) in [7, 11) is 0. The smallest absolute Gasteiger partial charge is 0.183 e. The minimum atomic E-state index is -0.593. The van der Waals surface area contributed by atoms with Gasteiger partial charge in [0, 0.05) is 18.5 Å². The van der Waals surface area contributed by atoms with Crippen molar-refractivity contribution in [3.63, 3.8) is 0 Å². The molecule has 1 aliphatic carbocycles. The lowest BCUT2D eigenvalue weighted by Crippen LogP contribution is -2.18. The second kappa shape index (κ2) is 7.53. The van der Waals surface area contributed by atoms with E-state index >= 15 is 0 Å². The van der Waals surface area contributed by atoms with E-state index in [0.29, 0.717) is 42.9 Å². The number of hydrogen-bond donors (Lipinski definition) is 1. The number of hydrogen-bond acceptors (Lipinski definition) is 5. The Morgan fingerprint density at radius 2 is 2.06 bits per heavy atom. The van der Waals surface area contributed by atoms with Gasteiger partial charge in [0.05, 0.1) is 28.9 Å². The summed E-state index contributed by atoms with van der Waals surface area (Å²) in [5.41, 5.74) is 9.44. The van der Waals surface area contributed by atoms with Crippen LogP contribution < -0.4 is 10.5 Å². The van der Waals surface area contributed by atoms with Crippen molar-refractivity contribution in [2.45, 2.75) is 45.2 Å². The molecule has 0 bridgehead atoms. The van der Waals surface area contributed by atoms with Crippen molar-refractivity contribution in [2.75, 3.05) is 6.61 Å². The number of nitrogens with two attached hydrogens (primary N) is 1. The molecule has 3 heterocycles. The summed E-state index contributed by atoms with van der Waals surface area (Å²) in [5.74, 6) is -1.15. The van der Waals surface area contributed by atoms with Crippen LogP contribution in [0.2, 0.25) is 0 Å². The molecule has 5 nitrogen and oxygen atoms in total. The number of ketones is 1. The summed E-state index contributed by atoms with van der Waals surface area (Å²) in [6.07, 6.45) is 3.98. The number of ether oxygens (including phenoxy) is 1. The molecule has 162 valence electrons.